The number of rotatable bonds is 4. The van der Waals surface area contributed by atoms with Gasteiger partial charge in [-0.2, -0.15) is 0 Å². The van der Waals surface area contributed by atoms with E-state index in [4.69, 9.17) is 0 Å². The quantitative estimate of drug-likeness (QED) is 0.680. The Bertz CT molecular complexity index is 763. The lowest BCUT2D eigenvalue weighted by Gasteiger charge is -2.35. The molecule has 0 bridgehead atoms. The highest BCUT2D eigenvalue weighted by atomic mass is 32.2. The predicted molar refractivity (Wildman–Crippen MR) is 92.9 cm³/mol. The van der Waals surface area contributed by atoms with E-state index in [1.165, 1.54) is 17.8 Å². The fourth-order valence-electron chi connectivity index (χ4n) is 2.94. The number of carbonyl (C=O) groups is 1. The smallest absolute Gasteiger partial charge is 0.251 e. The Labute approximate surface area is 144 Å². The molecule has 6 nitrogen and oxygen atoms in total. The Morgan fingerprint density at radius 3 is 3.04 bits per heavy atom. The van der Waals surface area contributed by atoms with E-state index in [-0.39, 0.29) is 23.3 Å². The van der Waals surface area contributed by atoms with Crippen molar-refractivity contribution in [1.82, 2.24) is 19.9 Å². The number of H-pyrrole nitrogens is 1. The molecule has 2 aromatic rings. The molecule has 1 unspecified atom stereocenters. The second-order valence-corrected chi connectivity index (χ2v) is 6.80. The van der Waals surface area contributed by atoms with E-state index in [1.807, 2.05) is 23.1 Å². The van der Waals surface area contributed by atoms with Gasteiger partial charge in [-0.25, -0.2) is 4.98 Å². The Balaban J connectivity index is 1.69. The summed E-state index contributed by atoms with van der Waals surface area (Å²) in [6, 6.07) is 7.29. The van der Waals surface area contributed by atoms with Crippen molar-refractivity contribution in [3.63, 3.8) is 0 Å². The Kier molecular flexibility index (Phi) is 5.30. The first-order valence-electron chi connectivity index (χ1n) is 8.04. The van der Waals surface area contributed by atoms with Gasteiger partial charge in [0.05, 0.1) is 17.5 Å². The topological polar surface area (TPSA) is 79.0 Å². The van der Waals surface area contributed by atoms with E-state index >= 15 is 0 Å². The Morgan fingerprint density at radius 2 is 2.29 bits per heavy atom. The monoisotopic (exact) mass is 344 g/mol. The summed E-state index contributed by atoms with van der Waals surface area (Å²) in [6.07, 6.45) is 4.82. The molecule has 0 radical (unpaired) electrons. The predicted octanol–water partition coefficient (Wildman–Crippen LogP) is 2.32. The molecule has 126 valence electrons. The largest absolute Gasteiger partial charge is 0.333 e. The molecule has 0 aliphatic carbocycles. The van der Waals surface area contributed by atoms with E-state index < -0.39 is 0 Å². The highest BCUT2D eigenvalue weighted by molar-refractivity contribution is 7.99. The molecular weight excluding hydrogens is 324 g/mol. The fourth-order valence-corrected chi connectivity index (χ4v) is 3.75. The second kappa shape index (κ2) is 7.61. The maximum atomic E-state index is 12.7. The zero-order chi connectivity index (χ0) is 16.9. The molecule has 1 N–H and O–H groups in total. The Hall–Kier alpha value is -2.15. The third kappa shape index (κ3) is 4.03. The van der Waals surface area contributed by atoms with Crippen LogP contribution in [0.2, 0.25) is 0 Å². The van der Waals surface area contributed by atoms with Gasteiger partial charge < -0.3 is 9.88 Å². The molecule has 3 heterocycles. The third-order valence-corrected chi connectivity index (χ3v) is 4.89. The average molecular weight is 344 g/mol. The zero-order valence-corrected chi connectivity index (χ0v) is 14.4. The number of hydrogen-bond acceptors (Lipinski definition) is 5. The lowest BCUT2D eigenvalue weighted by Crippen LogP contribution is -2.39. The molecule has 1 saturated heterocycles. The molecule has 0 aromatic carbocycles. The minimum atomic E-state index is -0.193. The molecule has 1 aliphatic rings. The number of piperidine rings is 1. The minimum absolute atomic E-state index is 0.0394. The number of carbonyl (C=O) groups excluding carboxylic acids is 1. The summed E-state index contributed by atoms with van der Waals surface area (Å²) in [5.41, 5.74) is 1.40. The molecule has 7 heteroatoms. The fraction of sp³-hybridized carbons (Fsp3) is 0.412. The van der Waals surface area contributed by atoms with Gasteiger partial charge in [0.25, 0.3) is 5.56 Å². The van der Waals surface area contributed by atoms with Crippen molar-refractivity contribution in [1.29, 1.82) is 0 Å². The lowest BCUT2D eigenvalue weighted by atomic mass is 9.99. The third-order valence-electron chi connectivity index (χ3n) is 4.03. The molecule has 1 fully saturated rings. The molecule has 2 aromatic heterocycles. The molecular formula is C17H20N4O2S. The summed E-state index contributed by atoms with van der Waals surface area (Å²) in [5.74, 6) is 0.315. The maximum Gasteiger partial charge on any atom is 0.251 e. The van der Waals surface area contributed by atoms with E-state index in [0.717, 1.165) is 31.5 Å². The molecule has 0 spiro atoms. The Morgan fingerprint density at radius 1 is 1.42 bits per heavy atom. The van der Waals surface area contributed by atoms with Gasteiger partial charge in [0.2, 0.25) is 5.91 Å². The number of pyridine rings is 1. The van der Waals surface area contributed by atoms with Crippen LogP contribution in [0.5, 0.6) is 0 Å². The first-order chi connectivity index (χ1) is 11.6. The van der Waals surface area contributed by atoms with Crippen molar-refractivity contribution < 1.29 is 4.79 Å². The van der Waals surface area contributed by atoms with Crippen molar-refractivity contribution in [3.05, 3.63) is 52.2 Å². The number of hydrogen-bond donors (Lipinski definition) is 1. The number of amides is 1. The summed E-state index contributed by atoms with van der Waals surface area (Å²) in [4.78, 5) is 37.4. The first kappa shape index (κ1) is 16.7. The van der Waals surface area contributed by atoms with Crippen LogP contribution in [0.3, 0.4) is 0 Å². The van der Waals surface area contributed by atoms with Crippen LogP contribution in [-0.4, -0.2) is 38.1 Å². The van der Waals surface area contributed by atoms with Crippen molar-refractivity contribution >= 4 is 17.7 Å². The standard InChI is InChI=1S/C17H20N4O2S/c1-12-10-15(22)20-17(19-12)24-11-16(23)21-9-5-3-7-14(21)13-6-2-4-8-18-13/h2,4,6,8,10,14H,3,5,7,9,11H2,1H3,(H,19,20,22). The molecule has 3 rings (SSSR count). The normalized spacial score (nSPS) is 17.7. The molecule has 1 atom stereocenters. The zero-order valence-electron chi connectivity index (χ0n) is 13.6. The van der Waals surface area contributed by atoms with Gasteiger partial charge in [-0.15, -0.1) is 0 Å². The number of nitrogens with zero attached hydrogens (tertiary/aromatic N) is 3. The molecule has 1 amide bonds. The van der Waals surface area contributed by atoms with Crippen molar-refractivity contribution in [2.75, 3.05) is 12.3 Å². The highest BCUT2D eigenvalue weighted by Gasteiger charge is 2.28. The number of thioether (sulfide) groups is 1. The summed E-state index contributed by atoms with van der Waals surface area (Å²) < 4.78 is 0. The summed E-state index contributed by atoms with van der Waals surface area (Å²) in [6.45, 7) is 2.52. The number of aromatic amines is 1. The van der Waals surface area contributed by atoms with Crippen LogP contribution in [0.1, 0.15) is 36.7 Å². The van der Waals surface area contributed by atoms with Gasteiger partial charge in [0.15, 0.2) is 5.16 Å². The van der Waals surface area contributed by atoms with Gasteiger partial charge in [0.1, 0.15) is 0 Å². The average Bonchev–Trinajstić information content (AvgIpc) is 2.60. The summed E-state index contributed by atoms with van der Waals surface area (Å²) in [5, 5.41) is 0.486. The molecule has 24 heavy (non-hydrogen) atoms. The summed E-state index contributed by atoms with van der Waals surface area (Å²) in [7, 11) is 0. The van der Waals surface area contributed by atoms with E-state index in [2.05, 4.69) is 15.0 Å². The summed E-state index contributed by atoms with van der Waals surface area (Å²) >= 11 is 1.27. The lowest BCUT2D eigenvalue weighted by molar-refractivity contribution is -0.132. The van der Waals surface area contributed by atoms with E-state index in [0.29, 0.717) is 10.9 Å². The minimum Gasteiger partial charge on any atom is -0.333 e. The maximum absolute atomic E-state index is 12.7. The first-order valence-corrected chi connectivity index (χ1v) is 9.03. The van der Waals surface area contributed by atoms with E-state index in [1.54, 1.807) is 13.1 Å². The highest BCUT2D eigenvalue weighted by Crippen LogP contribution is 2.30. The van der Waals surface area contributed by atoms with E-state index in [9.17, 15) is 9.59 Å². The van der Waals surface area contributed by atoms with Crippen LogP contribution < -0.4 is 5.56 Å². The number of aryl methyl sites for hydroxylation is 1. The number of likely N-dealkylation sites (tertiary alicyclic amines) is 1. The van der Waals surface area contributed by atoms with Crippen LogP contribution in [0.25, 0.3) is 0 Å². The number of aromatic nitrogens is 3. The van der Waals surface area contributed by atoms with Crippen molar-refractivity contribution in [3.8, 4) is 0 Å². The van der Waals surface area contributed by atoms with Crippen molar-refractivity contribution in [2.45, 2.75) is 37.4 Å². The van der Waals surface area contributed by atoms with Crippen LogP contribution >= 0.6 is 11.8 Å². The number of nitrogens with one attached hydrogen (secondary N) is 1. The van der Waals surface area contributed by atoms with Gasteiger partial charge in [-0.3, -0.25) is 14.6 Å². The van der Waals surface area contributed by atoms with Gasteiger partial charge in [-0.05, 0) is 38.3 Å². The van der Waals surface area contributed by atoms with Crippen LogP contribution in [-0.2, 0) is 4.79 Å². The van der Waals surface area contributed by atoms with Gasteiger partial charge in [0, 0.05) is 24.5 Å². The van der Waals surface area contributed by atoms with Gasteiger partial charge >= 0.3 is 0 Å². The molecule has 0 saturated carbocycles. The van der Waals surface area contributed by atoms with Gasteiger partial charge in [-0.1, -0.05) is 17.8 Å². The second-order valence-electron chi connectivity index (χ2n) is 5.83. The van der Waals surface area contributed by atoms with Crippen LogP contribution in [0.4, 0.5) is 0 Å². The van der Waals surface area contributed by atoms with Crippen LogP contribution in [0, 0.1) is 6.92 Å². The SMILES string of the molecule is Cc1cc(=O)[nH]c(SCC(=O)N2CCCCC2c2ccccn2)n1. The van der Waals surface area contributed by atoms with Crippen molar-refractivity contribution in [2.24, 2.45) is 0 Å². The molecule has 1 aliphatic heterocycles. The van der Waals surface area contributed by atoms with Crippen LogP contribution in [0.15, 0.2) is 40.4 Å².